The SMILES string of the molecule is CC(C)N(CCCN)C(=O)c1cc(F)cc(F)c1. The summed E-state index contributed by atoms with van der Waals surface area (Å²) >= 11 is 0. The van der Waals surface area contributed by atoms with Gasteiger partial charge in [-0.1, -0.05) is 0 Å². The summed E-state index contributed by atoms with van der Waals surface area (Å²) in [6.45, 7) is 4.65. The van der Waals surface area contributed by atoms with Gasteiger partial charge in [0.1, 0.15) is 11.6 Å². The molecule has 0 aliphatic rings. The Hall–Kier alpha value is -1.49. The number of carbonyl (C=O) groups excluding carboxylic acids is 1. The molecule has 0 bridgehead atoms. The van der Waals surface area contributed by atoms with Gasteiger partial charge in [0.05, 0.1) is 0 Å². The van der Waals surface area contributed by atoms with Crippen molar-refractivity contribution in [2.75, 3.05) is 13.1 Å². The molecule has 18 heavy (non-hydrogen) atoms. The van der Waals surface area contributed by atoms with Crippen LogP contribution >= 0.6 is 0 Å². The molecule has 5 heteroatoms. The van der Waals surface area contributed by atoms with Crippen LogP contribution in [0.25, 0.3) is 0 Å². The second-order valence-corrected chi connectivity index (χ2v) is 4.39. The molecule has 0 spiro atoms. The fourth-order valence-electron chi connectivity index (χ4n) is 1.70. The van der Waals surface area contributed by atoms with Crippen LogP contribution in [0.2, 0.25) is 0 Å². The summed E-state index contributed by atoms with van der Waals surface area (Å²) in [6, 6.07) is 2.79. The number of amides is 1. The van der Waals surface area contributed by atoms with Crippen molar-refractivity contribution in [3.8, 4) is 0 Å². The normalized spacial score (nSPS) is 10.8. The minimum absolute atomic E-state index is 0.0261. The fraction of sp³-hybridized carbons (Fsp3) is 0.462. The predicted octanol–water partition coefficient (Wildman–Crippen LogP) is 2.16. The van der Waals surface area contributed by atoms with Gasteiger partial charge >= 0.3 is 0 Å². The number of carbonyl (C=O) groups is 1. The van der Waals surface area contributed by atoms with Gasteiger partial charge in [-0.25, -0.2) is 8.78 Å². The van der Waals surface area contributed by atoms with E-state index in [0.717, 1.165) is 18.2 Å². The highest BCUT2D eigenvalue weighted by Gasteiger charge is 2.19. The van der Waals surface area contributed by atoms with Crippen LogP contribution in [-0.2, 0) is 0 Å². The molecule has 0 aliphatic carbocycles. The lowest BCUT2D eigenvalue weighted by atomic mass is 10.1. The average Bonchev–Trinajstić information content (AvgIpc) is 2.27. The Morgan fingerprint density at radius 1 is 1.28 bits per heavy atom. The molecule has 1 aromatic carbocycles. The van der Waals surface area contributed by atoms with Gasteiger partial charge in [-0.3, -0.25) is 4.79 Å². The summed E-state index contributed by atoms with van der Waals surface area (Å²) in [7, 11) is 0. The molecule has 3 nitrogen and oxygen atoms in total. The zero-order valence-electron chi connectivity index (χ0n) is 10.6. The minimum Gasteiger partial charge on any atom is -0.336 e. The first kappa shape index (κ1) is 14.6. The number of nitrogens with zero attached hydrogens (tertiary/aromatic N) is 1. The highest BCUT2D eigenvalue weighted by Crippen LogP contribution is 2.13. The molecule has 0 aromatic heterocycles. The van der Waals surface area contributed by atoms with Crippen LogP contribution in [0.5, 0.6) is 0 Å². The van der Waals surface area contributed by atoms with Crippen molar-refractivity contribution in [1.82, 2.24) is 4.90 Å². The van der Waals surface area contributed by atoms with Crippen LogP contribution in [0.3, 0.4) is 0 Å². The third-order valence-corrected chi connectivity index (χ3v) is 2.60. The van der Waals surface area contributed by atoms with Crippen LogP contribution in [0, 0.1) is 11.6 Å². The molecule has 0 saturated heterocycles. The lowest BCUT2D eigenvalue weighted by molar-refractivity contribution is 0.0703. The lowest BCUT2D eigenvalue weighted by Gasteiger charge is -2.26. The Balaban J connectivity index is 2.94. The van der Waals surface area contributed by atoms with Crippen molar-refractivity contribution < 1.29 is 13.6 Å². The lowest BCUT2D eigenvalue weighted by Crippen LogP contribution is -2.38. The van der Waals surface area contributed by atoms with Crippen molar-refractivity contribution in [2.24, 2.45) is 5.73 Å². The summed E-state index contributed by atoms with van der Waals surface area (Å²) in [6.07, 6.45) is 0.654. The Kier molecular flexibility index (Phi) is 5.22. The summed E-state index contributed by atoms with van der Waals surface area (Å²) < 4.78 is 26.1. The molecule has 0 aliphatic heterocycles. The maximum atomic E-state index is 13.1. The monoisotopic (exact) mass is 256 g/mol. The molecule has 1 amide bonds. The van der Waals surface area contributed by atoms with E-state index >= 15 is 0 Å². The largest absolute Gasteiger partial charge is 0.336 e. The maximum absolute atomic E-state index is 13.1. The highest BCUT2D eigenvalue weighted by molar-refractivity contribution is 5.94. The van der Waals surface area contributed by atoms with Gasteiger partial charge in [-0.15, -0.1) is 0 Å². The van der Waals surface area contributed by atoms with Crippen LogP contribution < -0.4 is 5.73 Å². The molecule has 0 heterocycles. The molecule has 1 rings (SSSR count). The first-order valence-electron chi connectivity index (χ1n) is 5.93. The number of rotatable bonds is 5. The molecule has 1 aromatic rings. The van der Waals surface area contributed by atoms with Crippen LogP contribution in [0.15, 0.2) is 18.2 Å². The van der Waals surface area contributed by atoms with Gasteiger partial charge in [0.2, 0.25) is 0 Å². The zero-order chi connectivity index (χ0) is 13.7. The Labute approximate surface area is 106 Å². The Morgan fingerprint density at radius 3 is 2.28 bits per heavy atom. The summed E-state index contributed by atoms with van der Waals surface area (Å²) in [5.74, 6) is -1.88. The van der Waals surface area contributed by atoms with Crippen molar-refractivity contribution in [3.63, 3.8) is 0 Å². The molecule has 0 fully saturated rings. The average molecular weight is 256 g/mol. The molecule has 0 radical (unpaired) electrons. The van der Waals surface area contributed by atoms with Crippen molar-refractivity contribution in [2.45, 2.75) is 26.3 Å². The Morgan fingerprint density at radius 2 is 1.83 bits per heavy atom. The van der Waals surface area contributed by atoms with Gasteiger partial charge in [-0.05, 0) is 38.9 Å². The second-order valence-electron chi connectivity index (χ2n) is 4.39. The minimum atomic E-state index is -0.749. The van der Waals surface area contributed by atoms with Crippen LogP contribution in [-0.4, -0.2) is 29.9 Å². The summed E-state index contributed by atoms with van der Waals surface area (Å²) in [5.41, 5.74) is 5.43. The molecule has 2 N–H and O–H groups in total. The second kappa shape index (κ2) is 6.44. The number of hydrogen-bond donors (Lipinski definition) is 1. The smallest absolute Gasteiger partial charge is 0.254 e. The first-order chi connectivity index (χ1) is 8.45. The number of nitrogens with two attached hydrogens (primary N) is 1. The van der Waals surface area contributed by atoms with E-state index in [0.29, 0.717) is 19.5 Å². The van der Waals surface area contributed by atoms with Crippen LogP contribution in [0.1, 0.15) is 30.6 Å². The number of hydrogen-bond acceptors (Lipinski definition) is 2. The molecular formula is C13H18F2N2O. The van der Waals surface area contributed by atoms with Gasteiger partial charge in [0.15, 0.2) is 0 Å². The third kappa shape index (κ3) is 3.77. The van der Waals surface area contributed by atoms with E-state index in [2.05, 4.69) is 0 Å². The van der Waals surface area contributed by atoms with E-state index in [1.807, 2.05) is 13.8 Å². The molecule has 0 atom stereocenters. The van der Waals surface area contributed by atoms with Crippen LogP contribution in [0.4, 0.5) is 8.78 Å². The van der Waals surface area contributed by atoms with E-state index in [1.165, 1.54) is 0 Å². The van der Waals surface area contributed by atoms with Gasteiger partial charge in [-0.2, -0.15) is 0 Å². The van der Waals surface area contributed by atoms with Gasteiger partial charge in [0, 0.05) is 24.2 Å². The van der Waals surface area contributed by atoms with Gasteiger partial charge < -0.3 is 10.6 Å². The first-order valence-corrected chi connectivity index (χ1v) is 5.93. The fourth-order valence-corrected chi connectivity index (χ4v) is 1.70. The van der Waals surface area contributed by atoms with Gasteiger partial charge in [0.25, 0.3) is 5.91 Å². The predicted molar refractivity (Wildman–Crippen MR) is 66.2 cm³/mol. The molecule has 0 saturated carbocycles. The third-order valence-electron chi connectivity index (χ3n) is 2.60. The molecule has 100 valence electrons. The van der Waals surface area contributed by atoms with E-state index in [-0.39, 0.29) is 17.5 Å². The summed E-state index contributed by atoms with van der Waals surface area (Å²) in [5, 5.41) is 0. The molecule has 0 unspecified atom stereocenters. The number of benzene rings is 1. The quantitative estimate of drug-likeness (QED) is 0.877. The topological polar surface area (TPSA) is 46.3 Å². The summed E-state index contributed by atoms with van der Waals surface area (Å²) in [4.78, 5) is 13.7. The van der Waals surface area contributed by atoms with E-state index in [1.54, 1.807) is 4.90 Å². The van der Waals surface area contributed by atoms with E-state index in [9.17, 15) is 13.6 Å². The number of halogens is 2. The van der Waals surface area contributed by atoms with Crippen molar-refractivity contribution in [1.29, 1.82) is 0 Å². The van der Waals surface area contributed by atoms with Crippen molar-refractivity contribution in [3.05, 3.63) is 35.4 Å². The maximum Gasteiger partial charge on any atom is 0.254 e. The standard InChI is InChI=1S/C13H18F2N2O/c1-9(2)17(5-3-4-16)13(18)10-6-11(14)8-12(15)7-10/h6-9H,3-5,16H2,1-2H3. The Bertz CT molecular complexity index is 401. The van der Waals surface area contributed by atoms with E-state index < -0.39 is 11.6 Å². The molecular weight excluding hydrogens is 238 g/mol. The van der Waals surface area contributed by atoms with Crippen molar-refractivity contribution >= 4 is 5.91 Å². The van der Waals surface area contributed by atoms with E-state index in [4.69, 9.17) is 5.73 Å². The zero-order valence-corrected chi connectivity index (χ0v) is 10.6. The highest BCUT2D eigenvalue weighted by atomic mass is 19.1.